The van der Waals surface area contributed by atoms with Gasteiger partial charge in [0.15, 0.2) is 0 Å². The predicted octanol–water partition coefficient (Wildman–Crippen LogP) is 7.56. The van der Waals surface area contributed by atoms with Gasteiger partial charge in [0.2, 0.25) is 0 Å². The smallest absolute Gasteiger partial charge is 0.300 e. The van der Waals surface area contributed by atoms with E-state index in [1.165, 1.54) is 4.90 Å². The number of benzene rings is 4. The predicted molar refractivity (Wildman–Crippen MR) is 173 cm³/mol. The zero-order chi connectivity index (χ0) is 30.9. The number of hydrogen-bond acceptors (Lipinski definition) is 5. The average molecular weight is 575 g/mol. The molecule has 0 aliphatic carbocycles. The van der Waals surface area contributed by atoms with Crippen LogP contribution in [0.3, 0.4) is 0 Å². The van der Waals surface area contributed by atoms with Crippen LogP contribution in [0.15, 0.2) is 103 Å². The van der Waals surface area contributed by atoms with E-state index < -0.39 is 17.7 Å². The van der Waals surface area contributed by atoms with Crippen molar-refractivity contribution in [1.82, 2.24) is 0 Å². The third kappa shape index (κ3) is 6.05. The lowest BCUT2D eigenvalue weighted by Gasteiger charge is -2.27. The van der Waals surface area contributed by atoms with Gasteiger partial charge in [-0.1, -0.05) is 75.4 Å². The van der Waals surface area contributed by atoms with Gasteiger partial charge in [-0.25, -0.2) is 0 Å². The number of aliphatic hydroxyl groups excluding tert-OH is 1. The quantitative estimate of drug-likeness (QED) is 0.140. The Morgan fingerprint density at radius 3 is 2.12 bits per heavy atom. The van der Waals surface area contributed by atoms with E-state index in [0.717, 1.165) is 27.9 Å². The maximum Gasteiger partial charge on any atom is 0.300 e. The van der Waals surface area contributed by atoms with Gasteiger partial charge in [-0.3, -0.25) is 14.5 Å². The molecule has 0 radical (unpaired) electrons. The molecule has 1 N–H and O–H groups in total. The first-order valence-corrected chi connectivity index (χ1v) is 14.4. The minimum Gasteiger partial charge on any atom is -0.507 e. The molecule has 1 amide bonds. The summed E-state index contributed by atoms with van der Waals surface area (Å²) in [6.45, 7) is 8.68. The molecular formula is C37H38N2O4. The second kappa shape index (κ2) is 11.8. The molecule has 0 bridgehead atoms. The Bertz CT molecular complexity index is 1660. The van der Waals surface area contributed by atoms with E-state index in [2.05, 4.69) is 20.8 Å². The first-order valence-electron chi connectivity index (χ1n) is 14.4. The standard InChI is InChI=1S/C37H38N2O4/c1-24-22-27(14-21-31(24)43-23-25-10-8-7-9-11-25)34(40)32-33(26-12-17-29(18-13-26)38(5)6)39(36(42)35(32)41)30-19-15-28(16-20-30)37(2,3)4/h7-22,33,40H,23H2,1-6H3/b34-32-. The molecule has 1 heterocycles. The molecule has 6 heteroatoms. The van der Waals surface area contributed by atoms with Gasteiger partial charge in [0.1, 0.15) is 18.1 Å². The molecule has 1 atom stereocenters. The number of hydrogen-bond donors (Lipinski definition) is 1. The molecule has 0 aromatic heterocycles. The molecule has 1 fully saturated rings. The molecule has 220 valence electrons. The van der Waals surface area contributed by atoms with Crippen LogP contribution in [0.4, 0.5) is 11.4 Å². The zero-order valence-electron chi connectivity index (χ0n) is 25.6. The van der Waals surface area contributed by atoms with Crippen LogP contribution in [0.1, 0.15) is 54.6 Å². The summed E-state index contributed by atoms with van der Waals surface area (Å²) in [7, 11) is 3.90. The van der Waals surface area contributed by atoms with Crippen LogP contribution in [0.2, 0.25) is 0 Å². The minimum absolute atomic E-state index is 0.0554. The monoisotopic (exact) mass is 574 g/mol. The van der Waals surface area contributed by atoms with Crippen molar-refractivity contribution in [2.75, 3.05) is 23.9 Å². The summed E-state index contributed by atoms with van der Waals surface area (Å²) < 4.78 is 6.02. The molecule has 0 saturated carbocycles. The number of anilines is 2. The van der Waals surface area contributed by atoms with E-state index in [4.69, 9.17) is 4.74 Å². The molecule has 6 nitrogen and oxygen atoms in total. The van der Waals surface area contributed by atoms with Crippen molar-refractivity contribution in [3.8, 4) is 5.75 Å². The van der Waals surface area contributed by atoms with Crippen LogP contribution in [0, 0.1) is 6.92 Å². The molecular weight excluding hydrogens is 536 g/mol. The highest BCUT2D eigenvalue weighted by atomic mass is 16.5. The number of aryl methyl sites for hydroxylation is 1. The maximum absolute atomic E-state index is 13.7. The van der Waals surface area contributed by atoms with Crippen LogP contribution in [0.25, 0.3) is 5.76 Å². The summed E-state index contributed by atoms with van der Waals surface area (Å²) in [5.41, 5.74) is 5.70. The first kappa shape index (κ1) is 29.6. The van der Waals surface area contributed by atoms with E-state index in [1.807, 2.05) is 105 Å². The van der Waals surface area contributed by atoms with Crippen molar-refractivity contribution in [3.63, 3.8) is 0 Å². The number of amides is 1. The lowest BCUT2D eigenvalue weighted by molar-refractivity contribution is -0.132. The molecule has 0 spiro atoms. The Labute approximate surface area is 253 Å². The highest BCUT2D eigenvalue weighted by molar-refractivity contribution is 6.51. The number of nitrogens with zero attached hydrogens (tertiary/aromatic N) is 2. The third-order valence-electron chi connectivity index (χ3n) is 7.87. The second-order valence-electron chi connectivity index (χ2n) is 12.2. The van der Waals surface area contributed by atoms with Gasteiger partial charge in [0.05, 0.1) is 11.6 Å². The Hall–Kier alpha value is -4.84. The average Bonchev–Trinajstić information content (AvgIpc) is 3.26. The van der Waals surface area contributed by atoms with E-state index in [0.29, 0.717) is 23.6 Å². The number of rotatable bonds is 7. The molecule has 1 aliphatic rings. The van der Waals surface area contributed by atoms with Crippen LogP contribution >= 0.6 is 0 Å². The van der Waals surface area contributed by atoms with Crippen LogP contribution in [-0.2, 0) is 21.6 Å². The molecule has 1 unspecified atom stereocenters. The Morgan fingerprint density at radius 1 is 0.884 bits per heavy atom. The Balaban J connectivity index is 1.56. The van der Waals surface area contributed by atoms with Crippen LogP contribution < -0.4 is 14.5 Å². The van der Waals surface area contributed by atoms with Gasteiger partial charge < -0.3 is 14.7 Å². The lowest BCUT2D eigenvalue weighted by Crippen LogP contribution is -2.29. The number of carbonyl (C=O) groups excluding carboxylic acids is 2. The van der Waals surface area contributed by atoms with Gasteiger partial charge in [0.25, 0.3) is 11.7 Å². The topological polar surface area (TPSA) is 70.1 Å². The van der Waals surface area contributed by atoms with Gasteiger partial charge in [-0.05, 0) is 77.1 Å². The molecule has 4 aromatic rings. The van der Waals surface area contributed by atoms with Crippen LogP contribution in [0.5, 0.6) is 5.75 Å². The van der Waals surface area contributed by atoms with Crippen molar-refractivity contribution in [1.29, 1.82) is 0 Å². The summed E-state index contributed by atoms with van der Waals surface area (Å²) in [6.07, 6.45) is 0. The summed E-state index contributed by atoms with van der Waals surface area (Å²) >= 11 is 0. The van der Waals surface area contributed by atoms with Gasteiger partial charge in [-0.15, -0.1) is 0 Å². The van der Waals surface area contributed by atoms with Crippen molar-refractivity contribution < 1.29 is 19.4 Å². The van der Waals surface area contributed by atoms with Gasteiger partial charge in [-0.2, -0.15) is 0 Å². The number of aliphatic hydroxyl groups is 1. The highest BCUT2D eigenvalue weighted by Crippen LogP contribution is 2.43. The van der Waals surface area contributed by atoms with Gasteiger partial charge in [0, 0.05) is 31.0 Å². The Morgan fingerprint density at radius 2 is 1.53 bits per heavy atom. The Kier molecular flexibility index (Phi) is 8.14. The molecule has 5 rings (SSSR count). The van der Waals surface area contributed by atoms with E-state index >= 15 is 0 Å². The van der Waals surface area contributed by atoms with Crippen molar-refractivity contribution in [3.05, 3.63) is 130 Å². The maximum atomic E-state index is 13.7. The fourth-order valence-electron chi connectivity index (χ4n) is 5.34. The summed E-state index contributed by atoms with van der Waals surface area (Å²) in [5, 5.41) is 11.7. The fraction of sp³-hybridized carbons (Fsp3) is 0.243. The number of carbonyl (C=O) groups is 2. The molecule has 43 heavy (non-hydrogen) atoms. The lowest BCUT2D eigenvalue weighted by atomic mass is 9.87. The fourth-order valence-corrected chi connectivity index (χ4v) is 5.34. The number of Topliss-reactive ketones (excluding diaryl/α,β-unsaturated/α-hetero) is 1. The van der Waals surface area contributed by atoms with E-state index in [1.54, 1.807) is 18.2 Å². The van der Waals surface area contributed by atoms with Gasteiger partial charge >= 0.3 is 0 Å². The summed E-state index contributed by atoms with van der Waals surface area (Å²) in [6, 6.07) is 29.8. The summed E-state index contributed by atoms with van der Waals surface area (Å²) in [4.78, 5) is 30.8. The SMILES string of the molecule is Cc1cc(/C(O)=C2/C(=O)C(=O)N(c3ccc(C(C)(C)C)cc3)C2c2ccc(N(C)C)cc2)ccc1OCc1ccccc1. The number of ether oxygens (including phenoxy) is 1. The largest absolute Gasteiger partial charge is 0.507 e. The summed E-state index contributed by atoms with van der Waals surface area (Å²) in [5.74, 6) is -0.936. The minimum atomic E-state index is -0.800. The first-order chi connectivity index (χ1) is 20.5. The third-order valence-corrected chi connectivity index (χ3v) is 7.87. The molecule has 1 saturated heterocycles. The molecule has 4 aromatic carbocycles. The van der Waals surface area contributed by atoms with E-state index in [9.17, 15) is 14.7 Å². The van der Waals surface area contributed by atoms with Crippen LogP contribution in [-0.4, -0.2) is 30.9 Å². The second-order valence-corrected chi connectivity index (χ2v) is 12.2. The van der Waals surface area contributed by atoms with Crippen molar-refractivity contribution in [2.45, 2.75) is 45.8 Å². The molecule has 1 aliphatic heterocycles. The normalized spacial score (nSPS) is 16.4. The highest BCUT2D eigenvalue weighted by Gasteiger charge is 2.47. The van der Waals surface area contributed by atoms with Crippen molar-refractivity contribution in [2.24, 2.45) is 0 Å². The zero-order valence-corrected chi connectivity index (χ0v) is 25.6. The van der Waals surface area contributed by atoms with E-state index in [-0.39, 0.29) is 16.7 Å². The number of ketones is 1. The van der Waals surface area contributed by atoms with Crippen molar-refractivity contribution >= 4 is 28.8 Å².